The van der Waals surface area contributed by atoms with Gasteiger partial charge in [-0.15, -0.1) is 11.8 Å². The van der Waals surface area contributed by atoms with E-state index >= 15 is 0 Å². The number of hydrogen-bond donors (Lipinski definition) is 1. The number of nitrogens with zero attached hydrogens (tertiary/aromatic N) is 2. The summed E-state index contributed by atoms with van der Waals surface area (Å²) in [5.74, 6) is 1.99. The lowest BCUT2D eigenvalue weighted by atomic mass is 10.1. The summed E-state index contributed by atoms with van der Waals surface area (Å²) in [5.41, 5.74) is 1.30. The van der Waals surface area contributed by atoms with Crippen molar-refractivity contribution in [3.8, 4) is 0 Å². The van der Waals surface area contributed by atoms with Gasteiger partial charge in [-0.25, -0.2) is 0 Å². The zero-order valence-corrected chi connectivity index (χ0v) is 16.8. The van der Waals surface area contributed by atoms with Gasteiger partial charge in [0.15, 0.2) is 5.96 Å². The van der Waals surface area contributed by atoms with Crippen LogP contribution in [0.25, 0.3) is 0 Å². The van der Waals surface area contributed by atoms with Crippen LogP contribution in [0.1, 0.15) is 25.3 Å². The van der Waals surface area contributed by atoms with Crippen LogP contribution in [-0.4, -0.2) is 68.2 Å². The molecule has 2 saturated heterocycles. The van der Waals surface area contributed by atoms with Crippen molar-refractivity contribution in [2.24, 2.45) is 4.99 Å². The molecule has 0 bridgehead atoms. The van der Waals surface area contributed by atoms with Crippen LogP contribution in [0.4, 0.5) is 0 Å². The summed E-state index contributed by atoms with van der Waals surface area (Å²) in [7, 11) is 0. The first-order chi connectivity index (χ1) is 12.8. The highest BCUT2D eigenvalue weighted by Crippen LogP contribution is 2.21. The minimum atomic E-state index is 0.164. The number of aliphatic imine (C=N–C) groups is 1. The molecule has 1 aromatic carbocycles. The van der Waals surface area contributed by atoms with E-state index in [0.717, 1.165) is 63.9 Å². The second kappa shape index (κ2) is 10.2. The SMILES string of the molecule is CCNC(=NCCSc1ccc(C)cc1)N1CCOC(C2CCCO2)C1. The fraction of sp³-hybridized carbons (Fsp3) is 0.650. The van der Waals surface area contributed by atoms with E-state index in [1.54, 1.807) is 0 Å². The first-order valence-electron chi connectivity index (χ1n) is 9.72. The van der Waals surface area contributed by atoms with Crippen molar-refractivity contribution in [3.05, 3.63) is 29.8 Å². The minimum Gasteiger partial charge on any atom is -0.375 e. The Bertz CT molecular complexity index is 573. The largest absolute Gasteiger partial charge is 0.375 e. The lowest BCUT2D eigenvalue weighted by Gasteiger charge is -2.37. The number of rotatable bonds is 6. The molecular formula is C20H31N3O2S. The van der Waals surface area contributed by atoms with Crippen molar-refractivity contribution in [1.82, 2.24) is 10.2 Å². The van der Waals surface area contributed by atoms with Crippen molar-refractivity contribution in [2.75, 3.05) is 45.1 Å². The van der Waals surface area contributed by atoms with E-state index in [4.69, 9.17) is 14.5 Å². The molecule has 26 heavy (non-hydrogen) atoms. The first-order valence-corrected chi connectivity index (χ1v) is 10.7. The van der Waals surface area contributed by atoms with Gasteiger partial charge >= 0.3 is 0 Å². The molecule has 0 radical (unpaired) electrons. The summed E-state index contributed by atoms with van der Waals surface area (Å²) >= 11 is 1.86. The normalized spacial score (nSPS) is 24.1. The highest BCUT2D eigenvalue weighted by molar-refractivity contribution is 7.99. The Kier molecular flexibility index (Phi) is 7.65. The molecule has 2 fully saturated rings. The molecule has 0 aromatic heterocycles. The van der Waals surface area contributed by atoms with Crippen molar-refractivity contribution in [2.45, 2.75) is 43.8 Å². The first kappa shape index (κ1) is 19.5. The Hall–Kier alpha value is -1.24. The molecule has 2 atom stereocenters. The third kappa shape index (κ3) is 5.63. The number of thioether (sulfide) groups is 1. The van der Waals surface area contributed by atoms with Gasteiger partial charge in [-0.1, -0.05) is 17.7 Å². The van der Waals surface area contributed by atoms with Gasteiger partial charge in [-0.05, 0) is 38.8 Å². The average molecular weight is 378 g/mol. The summed E-state index contributed by atoms with van der Waals surface area (Å²) in [5, 5.41) is 3.44. The molecule has 2 heterocycles. The standard InChI is InChI=1S/C20H31N3O2S/c1-3-21-20(22-10-14-26-17-8-6-16(2)7-9-17)23-11-13-25-19(15-23)18-5-4-12-24-18/h6-9,18-19H,3-5,10-15H2,1-2H3,(H,21,22). The molecule has 1 aromatic rings. The number of benzene rings is 1. The molecule has 1 N–H and O–H groups in total. The second-order valence-electron chi connectivity index (χ2n) is 6.80. The molecule has 2 aliphatic rings. The van der Waals surface area contributed by atoms with Crippen LogP contribution in [0.3, 0.4) is 0 Å². The van der Waals surface area contributed by atoms with E-state index < -0.39 is 0 Å². The Labute approximate surface area is 161 Å². The zero-order chi connectivity index (χ0) is 18.2. The lowest BCUT2D eigenvalue weighted by molar-refractivity contribution is -0.0816. The molecule has 0 amide bonds. The van der Waals surface area contributed by atoms with E-state index in [1.165, 1.54) is 10.5 Å². The molecule has 0 saturated carbocycles. The monoisotopic (exact) mass is 377 g/mol. The topological polar surface area (TPSA) is 46.1 Å². The Balaban J connectivity index is 1.51. The number of guanidine groups is 1. The Morgan fingerprint density at radius 1 is 1.23 bits per heavy atom. The van der Waals surface area contributed by atoms with E-state index in [2.05, 4.69) is 48.3 Å². The summed E-state index contributed by atoms with van der Waals surface area (Å²) in [4.78, 5) is 8.48. The predicted molar refractivity (Wildman–Crippen MR) is 108 cm³/mol. The molecule has 3 rings (SSSR count). The predicted octanol–water partition coefficient (Wildman–Crippen LogP) is 2.93. The van der Waals surface area contributed by atoms with E-state index in [-0.39, 0.29) is 12.2 Å². The highest BCUT2D eigenvalue weighted by Gasteiger charge is 2.32. The van der Waals surface area contributed by atoms with Gasteiger partial charge in [0, 0.05) is 36.9 Å². The van der Waals surface area contributed by atoms with Crippen molar-refractivity contribution in [3.63, 3.8) is 0 Å². The van der Waals surface area contributed by atoms with Gasteiger partial charge in [0.25, 0.3) is 0 Å². The average Bonchev–Trinajstić information content (AvgIpc) is 3.21. The molecule has 6 heteroatoms. The van der Waals surface area contributed by atoms with Gasteiger partial charge in [-0.3, -0.25) is 4.99 Å². The molecule has 5 nitrogen and oxygen atoms in total. The molecule has 0 aliphatic carbocycles. The van der Waals surface area contributed by atoms with Gasteiger partial charge in [0.2, 0.25) is 0 Å². The van der Waals surface area contributed by atoms with E-state index in [0.29, 0.717) is 0 Å². The zero-order valence-electron chi connectivity index (χ0n) is 15.9. The van der Waals surface area contributed by atoms with Gasteiger partial charge in [-0.2, -0.15) is 0 Å². The fourth-order valence-electron chi connectivity index (χ4n) is 3.36. The van der Waals surface area contributed by atoms with Crippen molar-refractivity contribution in [1.29, 1.82) is 0 Å². The number of hydrogen-bond acceptors (Lipinski definition) is 4. The summed E-state index contributed by atoms with van der Waals surface area (Å²) in [6.07, 6.45) is 2.67. The maximum Gasteiger partial charge on any atom is 0.194 e. The van der Waals surface area contributed by atoms with Crippen molar-refractivity contribution >= 4 is 17.7 Å². The smallest absolute Gasteiger partial charge is 0.194 e. The van der Waals surface area contributed by atoms with Crippen LogP contribution >= 0.6 is 11.8 Å². The number of nitrogens with one attached hydrogen (secondary N) is 1. The molecular weight excluding hydrogens is 346 g/mol. The van der Waals surface area contributed by atoms with Gasteiger partial charge in [0.1, 0.15) is 6.10 Å². The van der Waals surface area contributed by atoms with Gasteiger partial charge < -0.3 is 19.7 Å². The lowest BCUT2D eigenvalue weighted by Crippen LogP contribution is -2.53. The summed E-state index contributed by atoms with van der Waals surface area (Å²) < 4.78 is 11.8. The summed E-state index contributed by atoms with van der Waals surface area (Å²) in [6, 6.07) is 8.69. The van der Waals surface area contributed by atoms with Crippen LogP contribution in [-0.2, 0) is 9.47 Å². The van der Waals surface area contributed by atoms with Crippen LogP contribution in [0, 0.1) is 6.92 Å². The van der Waals surface area contributed by atoms with E-state index in [9.17, 15) is 0 Å². The number of aryl methyl sites for hydroxylation is 1. The van der Waals surface area contributed by atoms with E-state index in [1.807, 2.05) is 11.8 Å². The molecule has 144 valence electrons. The molecule has 2 unspecified atom stereocenters. The fourth-order valence-corrected chi connectivity index (χ4v) is 4.11. The number of ether oxygens (including phenoxy) is 2. The van der Waals surface area contributed by atoms with Gasteiger partial charge in [0.05, 0.1) is 19.3 Å². The Morgan fingerprint density at radius 2 is 2.04 bits per heavy atom. The third-order valence-corrected chi connectivity index (χ3v) is 5.74. The van der Waals surface area contributed by atoms with Crippen LogP contribution in [0.5, 0.6) is 0 Å². The summed E-state index contributed by atoms with van der Waals surface area (Å²) in [6.45, 7) is 9.29. The van der Waals surface area contributed by atoms with Crippen molar-refractivity contribution < 1.29 is 9.47 Å². The van der Waals surface area contributed by atoms with Crippen LogP contribution in [0.15, 0.2) is 34.2 Å². The molecule has 2 aliphatic heterocycles. The number of morpholine rings is 1. The maximum absolute atomic E-state index is 5.96. The maximum atomic E-state index is 5.96. The minimum absolute atomic E-state index is 0.164. The Morgan fingerprint density at radius 3 is 2.77 bits per heavy atom. The highest BCUT2D eigenvalue weighted by atomic mass is 32.2. The quantitative estimate of drug-likeness (QED) is 0.357. The van der Waals surface area contributed by atoms with Crippen LogP contribution in [0.2, 0.25) is 0 Å². The second-order valence-corrected chi connectivity index (χ2v) is 7.97. The van der Waals surface area contributed by atoms with Crippen LogP contribution < -0.4 is 5.32 Å². The third-order valence-electron chi connectivity index (χ3n) is 4.75. The molecule has 0 spiro atoms.